The predicted octanol–water partition coefficient (Wildman–Crippen LogP) is 1.70. The van der Waals surface area contributed by atoms with Gasteiger partial charge in [-0.1, -0.05) is 25.8 Å². The summed E-state index contributed by atoms with van der Waals surface area (Å²) in [6, 6.07) is 3.61. The fourth-order valence-corrected chi connectivity index (χ4v) is 1.67. The summed E-state index contributed by atoms with van der Waals surface area (Å²) in [5.74, 6) is -0.857. The Morgan fingerprint density at radius 3 is 2.68 bits per heavy atom. The highest BCUT2D eigenvalue weighted by molar-refractivity contribution is 5.75. The minimum Gasteiger partial charge on any atom is -0.504 e. The Bertz CT molecular complexity index is 420. The van der Waals surface area contributed by atoms with E-state index in [4.69, 9.17) is 10.5 Å². The van der Waals surface area contributed by atoms with E-state index in [1.807, 2.05) is 0 Å². The van der Waals surface area contributed by atoms with Gasteiger partial charge in [0.05, 0.1) is 6.61 Å². The van der Waals surface area contributed by atoms with E-state index in [0.29, 0.717) is 12.2 Å². The molecule has 0 unspecified atom stereocenters. The normalized spacial score (nSPS) is 12.1. The molecule has 1 rings (SSSR count). The number of rotatable bonds is 7. The molecule has 4 N–H and O–H groups in total. The molecule has 19 heavy (non-hydrogen) atoms. The molecule has 5 heteroatoms. The third kappa shape index (κ3) is 5.18. The number of carbonyl (C=O) groups excluding carboxylic acids is 1. The Hall–Kier alpha value is -1.75. The van der Waals surface area contributed by atoms with Crippen LogP contribution in [0.1, 0.15) is 31.7 Å². The summed E-state index contributed by atoms with van der Waals surface area (Å²) in [6.45, 7) is 2.46. The lowest BCUT2D eigenvalue weighted by atomic mass is 10.1. The number of carbonyl (C=O) groups is 1. The highest BCUT2D eigenvalue weighted by Gasteiger charge is 2.16. The average Bonchev–Trinajstić information content (AvgIpc) is 2.38. The molecule has 1 aromatic rings. The molecule has 0 bridgehead atoms. The zero-order chi connectivity index (χ0) is 14.3. The standard InChI is InChI=1S/C14H21NO4/c1-2-3-4-7-19-14(18)11(15)8-10-5-6-12(16)13(17)9-10/h5-6,9,11,16-17H,2-4,7-8,15H2,1H3/t11-/m0/s1. The fraction of sp³-hybridized carbons (Fsp3) is 0.500. The zero-order valence-corrected chi connectivity index (χ0v) is 11.1. The van der Waals surface area contributed by atoms with Crippen LogP contribution in [0.15, 0.2) is 18.2 Å². The lowest BCUT2D eigenvalue weighted by Gasteiger charge is -2.12. The van der Waals surface area contributed by atoms with Gasteiger partial charge in [-0.3, -0.25) is 4.79 Å². The van der Waals surface area contributed by atoms with E-state index in [1.165, 1.54) is 12.1 Å². The van der Waals surface area contributed by atoms with Crippen molar-refractivity contribution in [2.24, 2.45) is 5.73 Å². The molecule has 0 aliphatic heterocycles. The number of hydrogen-bond donors (Lipinski definition) is 3. The molecule has 1 aromatic carbocycles. The van der Waals surface area contributed by atoms with Crippen molar-refractivity contribution >= 4 is 5.97 Å². The SMILES string of the molecule is CCCCCOC(=O)[C@@H](N)Cc1ccc(O)c(O)c1. The number of ether oxygens (including phenoxy) is 1. The fourth-order valence-electron chi connectivity index (χ4n) is 1.67. The first-order valence-electron chi connectivity index (χ1n) is 6.47. The Morgan fingerprint density at radius 2 is 2.05 bits per heavy atom. The molecule has 0 radical (unpaired) electrons. The highest BCUT2D eigenvalue weighted by Crippen LogP contribution is 2.25. The first-order chi connectivity index (χ1) is 9.04. The molecule has 0 aromatic heterocycles. The molecule has 0 aliphatic rings. The number of aromatic hydroxyl groups is 2. The third-order valence-corrected chi connectivity index (χ3v) is 2.79. The van der Waals surface area contributed by atoms with Crippen molar-refractivity contribution in [3.05, 3.63) is 23.8 Å². The van der Waals surface area contributed by atoms with Crippen molar-refractivity contribution in [2.45, 2.75) is 38.6 Å². The van der Waals surface area contributed by atoms with Crippen molar-refractivity contribution < 1.29 is 19.7 Å². The zero-order valence-electron chi connectivity index (χ0n) is 11.1. The van der Waals surface area contributed by atoms with Crippen LogP contribution in [0.4, 0.5) is 0 Å². The van der Waals surface area contributed by atoms with Gasteiger partial charge in [-0.2, -0.15) is 0 Å². The molecule has 0 heterocycles. The second kappa shape index (κ2) is 7.63. The van der Waals surface area contributed by atoms with Crippen molar-refractivity contribution in [1.29, 1.82) is 0 Å². The molecule has 0 saturated heterocycles. The molecule has 0 amide bonds. The van der Waals surface area contributed by atoms with Gasteiger partial charge in [0.25, 0.3) is 0 Å². The Morgan fingerprint density at radius 1 is 1.32 bits per heavy atom. The topological polar surface area (TPSA) is 92.8 Å². The van der Waals surface area contributed by atoms with Gasteiger partial charge < -0.3 is 20.7 Å². The maximum atomic E-state index is 11.6. The summed E-state index contributed by atoms with van der Waals surface area (Å²) < 4.78 is 5.06. The number of phenols is 2. The monoisotopic (exact) mass is 267 g/mol. The minimum atomic E-state index is -0.759. The van der Waals surface area contributed by atoms with Crippen LogP contribution >= 0.6 is 0 Å². The Balaban J connectivity index is 2.42. The van der Waals surface area contributed by atoms with Gasteiger partial charge >= 0.3 is 5.97 Å². The van der Waals surface area contributed by atoms with Gasteiger partial charge in [0.1, 0.15) is 6.04 Å². The van der Waals surface area contributed by atoms with Crippen LogP contribution in [-0.2, 0) is 16.0 Å². The second-order valence-electron chi connectivity index (χ2n) is 4.51. The molecular formula is C14H21NO4. The summed E-state index contributed by atoms with van der Waals surface area (Å²) >= 11 is 0. The average molecular weight is 267 g/mol. The van der Waals surface area contributed by atoms with Gasteiger partial charge in [-0.15, -0.1) is 0 Å². The Kier molecular flexibility index (Phi) is 6.15. The predicted molar refractivity (Wildman–Crippen MR) is 71.9 cm³/mol. The number of phenolic OH excluding ortho intramolecular Hbond substituents is 2. The van der Waals surface area contributed by atoms with Crippen LogP contribution in [0.25, 0.3) is 0 Å². The van der Waals surface area contributed by atoms with E-state index in [9.17, 15) is 15.0 Å². The van der Waals surface area contributed by atoms with E-state index in [1.54, 1.807) is 6.07 Å². The van der Waals surface area contributed by atoms with E-state index >= 15 is 0 Å². The quantitative estimate of drug-likeness (QED) is 0.397. The molecule has 0 aliphatic carbocycles. The Labute approximate surface area is 113 Å². The minimum absolute atomic E-state index is 0.195. The van der Waals surface area contributed by atoms with Crippen molar-refractivity contribution in [1.82, 2.24) is 0 Å². The summed E-state index contributed by atoms with van der Waals surface area (Å²) in [5.41, 5.74) is 6.41. The lowest BCUT2D eigenvalue weighted by Crippen LogP contribution is -2.34. The van der Waals surface area contributed by atoms with Crippen LogP contribution in [0.5, 0.6) is 11.5 Å². The summed E-state index contributed by atoms with van der Waals surface area (Å²) in [6.07, 6.45) is 3.19. The summed E-state index contributed by atoms with van der Waals surface area (Å²) in [5, 5.41) is 18.5. The number of hydrogen-bond acceptors (Lipinski definition) is 5. The van der Waals surface area contributed by atoms with Crippen LogP contribution in [0.2, 0.25) is 0 Å². The lowest BCUT2D eigenvalue weighted by molar-refractivity contribution is -0.145. The first-order valence-corrected chi connectivity index (χ1v) is 6.47. The van der Waals surface area contributed by atoms with E-state index in [-0.39, 0.29) is 17.9 Å². The van der Waals surface area contributed by atoms with Crippen LogP contribution in [0.3, 0.4) is 0 Å². The van der Waals surface area contributed by atoms with Crippen LogP contribution in [0, 0.1) is 0 Å². The van der Waals surface area contributed by atoms with Crippen molar-refractivity contribution in [2.75, 3.05) is 6.61 Å². The van der Waals surface area contributed by atoms with Gasteiger partial charge in [-0.25, -0.2) is 0 Å². The van der Waals surface area contributed by atoms with Crippen LogP contribution in [-0.4, -0.2) is 28.8 Å². The summed E-state index contributed by atoms with van der Waals surface area (Å²) in [4.78, 5) is 11.6. The maximum absolute atomic E-state index is 11.6. The first kappa shape index (κ1) is 15.3. The van der Waals surface area contributed by atoms with Gasteiger partial charge in [-0.05, 0) is 30.5 Å². The molecule has 5 nitrogen and oxygen atoms in total. The van der Waals surface area contributed by atoms with E-state index in [2.05, 4.69) is 6.92 Å². The summed E-state index contributed by atoms with van der Waals surface area (Å²) in [7, 11) is 0. The number of unbranched alkanes of at least 4 members (excludes halogenated alkanes) is 2. The van der Waals surface area contributed by atoms with Crippen molar-refractivity contribution in [3.63, 3.8) is 0 Å². The molecule has 0 spiro atoms. The molecule has 106 valence electrons. The number of benzene rings is 1. The van der Waals surface area contributed by atoms with Crippen molar-refractivity contribution in [3.8, 4) is 11.5 Å². The number of esters is 1. The maximum Gasteiger partial charge on any atom is 0.323 e. The second-order valence-corrected chi connectivity index (χ2v) is 4.51. The van der Waals surface area contributed by atoms with Gasteiger partial charge in [0.2, 0.25) is 0 Å². The van der Waals surface area contributed by atoms with Crippen LogP contribution < -0.4 is 5.73 Å². The smallest absolute Gasteiger partial charge is 0.323 e. The van der Waals surface area contributed by atoms with Gasteiger partial charge in [0.15, 0.2) is 11.5 Å². The highest BCUT2D eigenvalue weighted by atomic mass is 16.5. The molecule has 0 fully saturated rings. The molecule has 1 atom stereocenters. The largest absolute Gasteiger partial charge is 0.504 e. The molecule has 0 saturated carbocycles. The third-order valence-electron chi connectivity index (χ3n) is 2.79. The number of nitrogens with two attached hydrogens (primary N) is 1. The van der Waals surface area contributed by atoms with E-state index in [0.717, 1.165) is 19.3 Å². The van der Waals surface area contributed by atoms with Gasteiger partial charge in [0, 0.05) is 0 Å². The molecular weight excluding hydrogens is 246 g/mol. The van der Waals surface area contributed by atoms with E-state index < -0.39 is 12.0 Å².